The van der Waals surface area contributed by atoms with Crippen LogP contribution in [-0.4, -0.2) is 31.7 Å². The van der Waals surface area contributed by atoms with Gasteiger partial charge in [-0.15, -0.1) is 0 Å². The minimum absolute atomic E-state index is 0.115. The molecular weight excluding hydrogens is 342 g/mol. The number of aromatic amines is 1. The summed E-state index contributed by atoms with van der Waals surface area (Å²) >= 11 is 0. The Morgan fingerprint density at radius 3 is 3.07 bits per heavy atom. The lowest BCUT2D eigenvalue weighted by Gasteiger charge is -2.26. The maximum Gasteiger partial charge on any atom is 0.326 e. The maximum atomic E-state index is 12.2. The highest BCUT2D eigenvalue weighted by atomic mass is 16.3. The second kappa shape index (κ2) is 7.17. The van der Waals surface area contributed by atoms with Gasteiger partial charge in [-0.25, -0.2) is 9.78 Å². The van der Waals surface area contributed by atoms with Crippen LogP contribution in [0.2, 0.25) is 0 Å². The van der Waals surface area contributed by atoms with Crippen LogP contribution in [0.3, 0.4) is 0 Å². The smallest absolute Gasteiger partial charge is 0.326 e. The van der Waals surface area contributed by atoms with Crippen molar-refractivity contribution >= 4 is 16.9 Å². The molecule has 0 fully saturated rings. The number of hydrogen-bond donors (Lipinski definition) is 4. The predicted molar refractivity (Wildman–Crippen MR) is 105 cm³/mol. The molecule has 1 aliphatic rings. The molecule has 1 aliphatic heterocycles. The number of nitrogens with two attached hydrogens (primary N) is 1. The van der Waals surface area contributed by atoms with Gasteiger partial charge in [-0.05, 0) is 43.9 Å². The molecule has 0 aliphatic carbocycles. The highest BCUT2D eigenvalue weighted by Gasteiger charge is 2.29. The van der Waals surface area contributed by atoms with E-state index >= 15 is 0 Å². The van der Waals surface area contributed by atoms with E-state index in [1.807, 2.05) is 30.3 Å². The normalized spacial score (nSPS) is 20.5. The van der Waals surface area contributed by atoms with Gasteiger partial charge >= 0.3 is 5.69 Å². The summed E-state index contributed by atoms with van der Waals surface area (Å²) in [5, 5.41) is 14.5. The van der Waals surface area contributed by atoms with E-state index in [9.17, 15) is 9.90 Å². The molecule has 3 atom stereocenters. The topological polar surface area (TPSA) is 109 Å². The summed E-state index contributed by atoms with van der Waals surface area (Å²) in [5.41, 5.74) is 9.23. The van der Waals surface area contributed by atoms with Crippen LogP contribution in [0.1, 0.15) is 37.0 Å². The van der Waals surface area contributed by atoms with E-state index in [0.717, 1.165) is 35.0 Å². The van der Waals surface area contributed by atoms with Crippen LogP contribution < -0.4 is 16.7 Å². The van der Waals surface area contributed by atoms with E-state index in [1.165, 1.54) is 0 Å². The van der Waals surface area contributed by atoms with Crippen LogP contribution in [0.4, 0.5) is 5.82 Å². The lowest BCUT2D eigenvalue weighted by molar-refractivity contribution is 0.119. The largest absolute Gasteiger partial charge is 0.387 e. The van der Waals surface area contributed by atoms with Crippen molar-refractivity contribution in [2.24, 2.45) is 0 Å². The zero-order chi connectivity index (χ0) is 19.0. The molecule has 7 nitrogen and oxygen atoms in total. The second-order valence-electron chi connectivity index (χ2n) is 7.32. The molecule has 0 spiro atoms. The molecule has 5 N–H and O–H groups in total. The average Bonchev–Trinajstić information content (AvgIpc) is 2.91. The van der Waals surface area contributed by atoms with Gasteiger partial charge in [0.25, 0.3) is 0 Å². The van der Waals surface area contributed by atoms with Gasteiger partial charge in [0.15, 0.2) is 0 Å². The maximum absolute atomic E-state index is 12.2. The van der Waals surface area contributed by atoms with E-state index in [-0.39, 0.29) is 17.8 Å². The van der Waals surface area contributed by atoms with E-state index in [2.05, 4.69) is 22.2 Å². The van der Waals surface area contributed by atoms with E-state index in [0.29, 0.717) is 18.8 Å². The van der Waals surface area contributed by atoms with Crippen molar-refractivity contribution in [3.8, 4) is 0 Å². The average molecular weight is 367 g/mol. The zero-order valence-corrected chi connectivity index (χ0v) is 15.4. The van der Waals surface area contributed by atoms with Crippen LogP contribution in [0, 0.1) is 0 Å². The Hall–Kier alpha value is -2.64. The Bertz CT molecular complexity index is 1010. The minimum atomic E-state index is -0.663. The summed E-state index contributed by atoms with van der Waals surface area (Å²) in [5.74, 6) is 0.574. The van der Waals surface area contributed by atoms with E-state index in [1.54, 1.807) is 10.8 Å². The van der Waals surface area contributed by atoms with Crippen LogP contribution >= 0.6 is 0 Å². The van der Waals surface area contributed by atoms with Crippen molar-refractivity contribution in [1.82, 2.24) is 19.9 Å². The van der Waals surface area contributed by atoms with Crippen molar-refractivity contribution < 1.29 is 5.11 Å². The molecule has 4 rings (SSSR count). The zero-order valence-electron chi connectivity index (χ0n) is 15.4. The summed E-state index contributed by atoms with van der Waals surface area (Å²) in [6, 6.07) is 9.62. The first-order valence-electron chi connectivity index (χ1n) is 9.39. The van der Waals surface area contributed by atoms with Crippen molar-refractivity contribution in [3.05, 3.63) is 58.1 Å². The van der Waals surface area contributed by atoms with Gasteiger partial charge in [-0.3, -0.25) is 4.57 Å². The highest BCUT2D eigenvalue weighted by molar-refractivity contribution is 5.79. The highest BCUT2D eigenvalue weighted by Crippen LogP contribution is 2.30. The van der Waals surface area contributed by atoms with Crippen LogP contribution in [0.15, 0.2) is 41.3 Å². The number of nitrogen functional groups attached to an aromatic ring is 1. The first-order chi connectivity index (χ1) is 13.0. The summed E-state index contributed by atoms with van der Waals surface area (Å²) in [6.45, 7) is 2.69. The molecule has 0 bridgehead atoms. The fourth-order valence-corrected chi connectivity index (χ4v) is 4.00. The summed E-state index contributed by atoms with van der Waals surface area (Å²) in [4.78, 5) is 19.2. The number of anilines is 1. The Kier molecular flexibility index (Phi) is 4.72. The first kappa shape index (κ1) is 17.8. The van der Waals surface area contributed by atoms with Gasteiger partial charge in [0, 0.05) is 30.4 Å². The predicted octanol–water partition coefficient (Wildman–Crippen LogP) is 1.72. The Morgan fingerprint density at radius 2 is 2.26 bits per heavy atom. The molecule has 0 amide bonds. The summed E-state index contributed by atoms with van der Waals surface area (Å²) < 4.78 is 1.73. The third-order valence-electron chi connectivity index (χ3n) is 5.46. The Balaban J connectivity index is 1.48. The molecule has 7 heteroatoms. The monoisotopic (exact) mass is 367 g/mol. The van der Waals surface area contributed by atoms with Crippen molar-refractivity contribution in [2.45, 2.75) is 50.9 Å². The Labute approximate surface area is 157 Å². The number of aliphatic hydroxyl groups excluding tert-OH is 1. The molecule has 0 unspecified atom stereocenters. The van der Waals surface area contributed by atoms with Gasteiger partial charge in [-0.1, -0.05) is 18.2 Å². The van der Waals surface area contributed by atoms with Gasteiger partial charge in [-0.2, -0.15) is 0 Å². The third-order valence-corrected chi connectivity index (χ3v) is 5.46. The van der Waals surface area contributed by atoms with Crippen LogP contribution in [0.5, 0.6) is 0 Å². The van der Waals surface area contributed by atoms with Gasteiger partial charge in [0.05, 0.1) is 17.1 Å². The molecule has 3 aromatic rings. The van der Waals surface area contributed by atoms with Crippen LogP contribution in [-0.2, 0) is 13.0 Å². The standard InChI is InChI=1S/C20H25N5O2/c1-12(7-8-13-4-3-10-22-19(13)21)23-16-9-11-25-17-14(18(16)26)5-2-6-15(17)24-20(25)27/h2-6,10,12,16,18,23,26H,7-9,11H2,1H3,(H2,21,22)(H,24,27)/t12-,16-,18-/m1/s1. The number of aryl methyl sites for hydroxylation is 2. The number of rotatable bonds is 5. The number of nitrogens with zero attached hydrogens (tertiary/aromatic N) is 2. The fourth-order valence-electron chi connectivity index (χ4n) is 4.00. The molecule has 27 heavy (non-hydrogen) atoms. The number of H-pyrrole nitrogens is 1. The molecule has 0 radical (unpaired) electrons. The SMILES string of the molecule is C[C@H](CCc1cccnc1N)N[C@@H]1CCn2c(=O)[nH]c3cccc(c32)[C@H]1O. The number of para-hydroxylation sites is 1. The minimum Gasteiger partial charge on any atom is -0.387 e. The van der Waals surface area contributed by atoms with Gasteiger partial charge in [0.1, 0.15) is 5.82 Å². The third kappa shape index (κ3) is 3.36. The number of benzene rings is 1. The number of aromatic nitrogens is 3. The molecule has 2 aromatic heterocycles. The van der Waals surface area contributed by atoms with Crippen molar-refractivity contribution in [3.63, 3.8) is 0 Å². The lowest BCUT2D eigenvalue weighted by Crippen LogP contribution is -2.41. The summed E-state index contributed by atoms with van der Waals surface area (Å²) in [6.07, 6.45) is 3.42. The van der Waals surface area contributed by atoms with Gasteiger partial charge < -0.3 is 21.1 Å². The quantitative estimate of drug-likeness (QED) is 0.549. The second-order valence-corrected chi connectivity index (χ2v) is 7.32. The molecule has 1 aromatic carbocycles. The molecule has 142 valence electrons. The Morgan fingerprint density at radius 1 is 1.41 bits per heavy atom. The van der Waals surface area contributed by atoms with Crippen molar-refractivity contribution in [1.29, 1.82) is 0 Å². The van der Waals surface area contributed by atoms with Crippen molar-refractivity contribution in [2.75, 3.05) is 5.73 Å². The fraction of sp³-hybridized carbons (Fsp3) is 0.400. The number of aliphatic hydroxyl groups is 1. The number of imidazole rings is 1. The lowest BCUT2D eigenvalue weighted by atomic mass is 9.98. The van der Waals surface area contributed by atoms with Gasteiger partial charge in [0.2, 0.25) is 0 Å². The molecular formula is C20H25N5O2. The molecule has 3 heterocycles. The molecule has 0 saturated heterocycles. The van der Waals surface area contributed by atoms with Crippen LogP contribution in [0.25, 0.3) is 11.0 Å². The number of pyridine rings is 1. The van der Waals surface area contributed by atoms with E-state index in [4.69, 9.17) is 5.73 Å². The molecule has 0 saturated carbocycles. The first-order valence-corrected chi connectivity index (χ1v) is 9.39. The van der Waals surface area contributed by atoms with E-state index < -0.39 is 6.10 Å². The number of nitrogens with one attached hydrogen (secondary N) is 2. The summed E-state index contributed by atoms with van der Waals surface area (Å²) in [7, 11) is 0. The number of hydrogen-bond acceptors (Lipinski definition) is 5.